The summed E-state index contributed by atoms with van der Waals surface area (Å²) in [5.41, 5.74) is -0.0383. The average Bonchev–Trinajstić information content (AvgIpc) is 2.25. The van der Waals surface area contributed by atoms with Gasteiger partial charge in [-0.2, -0.15) is 0 Å². The van der Waals surface area contributed by atoms with E-state index >= 15 is 0 Å². The van der Waals surface area contributed by atoms with Crippen molar-refractivity contribution < 1.29 is 9.47 Å². The maximum Gasteiger partial charge on any atom is 0.0829 e. The van der Waals surface area contributed by atoms with Gasteiger partial charge in [0.25, 0.3) is 0 Å². The summed E-state index contributed by atoms with van der Waals surface area (Å²) in [5.74, 6) is 0. The highest BCUT2D eigenvalue weighted by Gasteiger charge is 2.36. The Kier molecular flexibility index (Phi) is 5.58. The first kappa shape index (κ1) is 12.9. The summed E-state index contributed by atoms with van der Waals surface area (Å²) in [7, 11) is 0. The fraction of sp³-hybridized carbons (Fsp3) is 1.00. The van der Waals surface area contributed by atoms with E-state index in [0.717, 1.165) is 32.8 Å². The number of hydrogen-bond acceptors (Lipinski definition) is 3. The van der Waals surface area contributed by atoms with E-state index in [9.17, 15) is 0 Å². The Hall–Kier alpha value is -0.120. The molecule has 1 heterocycles. The lowest BCUT2D eigenvalue weighted by Crippen LogP contribution is -2.54. The summed E-state index contributed by atoms with van der Waals surface area (Å²) in [6.07, 6.45) is 3.60. The van der Waals surface area contributed by atoms with Crippen LogP contribution in [0.25, 0.3) is 0 Å². The fourth-order valence-corrected chi connectivity index (χ4v) is 2.16. The molecule has 2 atom stereocenters. The van der Waals surface area contributed by atoms with Crippen molar-refractivity contribution in [1.82, 2.24) is 5.32 Å². The fourth-order valence-electron chi connectivity index (χ4n) is 2.16. The first-order valence-electron chi connectivity index (χ1n) is 6.18. The zero-order valence-corrected chi connectivity index (χ0v) is 10.3. The quantitative estimate of drug-likeness (QED) is 0.734. The lowest BCUT2D eigenvalue weighted by Gasteiger charge is -2.40. The Bertz CT molecular complexity index is 167. The highest BCUT2D eigenvalue weighted by Crippen LogP contribution is 2.28. The Morgan fingerprint density at radius 3 is 2.73 bits per heavy atom. The van der Waals surface area contributed by atoms with Crippen molar-refractivity contribution in [3.63, 3.8) is 0 Å². The molecule has 2 unspecified atom stereocenters. The van der Waals surface area contributed by atoms with Crippen LogP contribution in [-0.2, 0) is 9.47 Å². The summed E-state index contributed by atoms with van der Waals surface area (Å²) >= 11 is 0. The predicted molar refractivity (Wildman–Crippen MR) is 62.2 cm³/mol. The maximum absolute atomic E-state index is 5.93. The topological polar surface area (TPSA) is 30.5 Å². The Morgan fingerprint density at radius 1 is 1.40 bits per heavy atom. The summed E-state index contributed by atoms with van der Waals surface area (Å²) < 4.78 is 11.5. The van der Waals surface area contributed by atoms with Gasteiger partial charge in [0.1, 0.15) is 0 Å². The molecule has 0 aromatic carbocycles. The van der Waals surface area contributed by atoms with Gasteiger partial charge in [0, 0.05) is 13.2 Å². The first-order chi connectivity index (χ1) is 7.23. The molecule has 0 amide bonds. The Morgan fingerprint density at radius 2 is 2.20 bits per heavy atom. The monoisotopic (exact) mass is 215 g/mol. The second-order valence-corrected chi connectivity index (χ2v) is 4.39. The van der Waals surface area contributed by atoms with Crippen molar-refractivity contribution in [1.29, 1.82) is 0 Å². The molecule has 0 aliphatic carbocycles. The summed E-state index contributed by atoms with van der Waals surface area (Å²) in [6, 6.07) is 0.322. The van der Waals surface area contributed by atoms with Crippen LogP contribution in [-0.4, -0.2) is 38.0 Å². The Balaban J connectivity index is 2.50. The standard InChI is InChI=1S/C12H25NO2/c1-4-13-11(10-14-5-2)12(3)8-6-7-9-15-12/h11,13H,4-10H2,1-3H3. The van der Waals surface area contributed by atoms with Crippen LogP contribution >= 0.6 is 0 Å². The largest absolute Gasteiger partial charge is 0.380 e. The van der Waals surface area contributed by atoms with Crippen molar-refractivity contribution in [2.24, 2.45) is 0 Å². The van der Waals surface area contributed by atoms with Gasteiger partial charge in [-0.3, -0.25) is 0 Å². The molecule has 90 valence electrons. The molecule has 1 aliphatic heterocycles. The molecular formula is C12H25NO2. The van der Waals surface area contributed by atoms with Gasteiger partial charge in [-0.1, -0.05) is 6.92 Å². The van der Waals surface area contributed by atoms with Crippen LogP contribution in [0, 0.1) is 0 Å². The minimum Gasteiger partial charge on any atom is -0.380 e. The van der Waals surface area contributed by atoms with E-state index in [4.69, 9.17) is 9.47 Å². The van der Waals surface area contributed by atoms with E-state index in [1.165, 1.54) is 12.8 Å². The van der Waals surface area contributed by atoms with Crippen LogP contribution in [0.5, 0.6) is 0 Å². The molecule has 0 aromatic heterocycles. The molecular weight excluding hydrogens is 190 g/mol. The first-order valence-corrected chi connectivity index (χ1v) is 6.18. The molecule has 1 aliphatic rings. The molecule has 0 spiro atoms. The van der Waals surface area contributed by atoms with Gasteiger partial charge in [-0.05, 0) is 39.7 Å². The molecule has 1 fully saturated rings. The van der Waals surface area contributed by atoms with Crippen molar-refractivity contribution in [2.75, 3.05) is 26.4 Å². The Labute approximate surface area is 93.5 Å². The third-order valence-corrected chi connectivity index (χ3v) is 3.18. The number of nitrogens with one attached hydrogen (secondary N) is 1. The minimum absolute atomic E-state index is 0.0383. The third-order valence-electron chi connectivity index (χ3n) is 3.18. The highest BCUT2D eigenvalue weighted by atomic mass is 16.5. The zero-order chi connectivity index (χ0) is 11.1. The van der Waals surface area contributed by atoms with Gasteiger partial charge in [-0.15, -0.1) is 0 Å². The molecule has 0 saturated carbocycles. The second-order valence-electron chi connectivity index (χ2n) is 4.39. The number of rotatable bonds is 6. The van der Waals surface area contributed by atoms with Gasteiger partial charge in [0.15, 0.2) is 0 Å². The molecule has 0 aromatic rings. The molecule has 15 heavy (non-hydrogen) atoms. The van der Waals surface area contributed by atoms with Gasteiger partial charge >= 0.3 is 0 Å². The molecule has 1 rings (SSSR count). The van der Waals surface area contributed by atoms with Crippen LogP contribution in [0.4, 0.5) is 0 Å². The maximum atomic E-state index is 5.93. The molecule has 1 N–H and O–H groups in total. The highest BCUT2D eigenvalue weighted by molar-refractivity contribution is 4.91. The van der Waals surface area contributed by atoms with Crippen molar-refractivity contribution >= 4 is 0 Å². The summed E-state index contributed by atoms with van der Waals surface area (Å²) in [6.45, 7) is 9.76. The SMILES string of the molecule is CCNC(COCC)C1(C)CCCCO1. The number of ether oxygens (including phenoxy) is 2. The normalized spacial score (nSPS) is 29.0. The predicted octanol–water partition coefficient (Wildman–Crippen LogP) is 1.96. The molecule has 0 radical (unpaired) electrons. The molecule has 0 bridgehead atoms. The van der Waals surface area contributed by atoms with Crippen LogP contribution < -0.4 is 5.32 Å². The van der Waals surface area contributed by atoms with Gasteiger partial charge in [0.05, 0.1) is 18.2 Å². The number of likely N-dealkylation sites (N-methyl/N-ethyl adjacent to an activating group) is 1. The van der Waals surface area contributed by atoms with Gasteiger partial charge in [-0.25, -0.2) is 0 Å². The van der Waals surface area contributed by atoms with E-state index in [1.807, 2.05) is 6.92 Å². The summed E-state index contributed by atoms with van der Waals surface area (Å²) in [5, 5.41) is 3.48. The van der Waals surface area contributed by atoms with E-state index in [0.29, 0.717) is 6.04 Å². The third kappa shape index (κ3) is 3.74. The zero-order valence-electron chi connectivity index (χ0n) is 10.3. The van der Waals surface area contributed by atoms with Gasteiger partial charge in [0.2, 0.25) is 0 Å². The van der Waals surface area contributed by atoms with Crippen molar-refractivity contribution in [3.8, 4) is 0 Å². The van der Waals surface area contributed by atoms with E-state index < -0.39 is 0 Å². The lowest BCUT2D eigenvalue weighted by molar-refractivity contribution is -0.102. The molecule has 3 nitrogen and oxygen atoms in total. The molecule has 3 heteroatoms. The lowest BCUT2D eigenvalue weighted by atomic mass is 9.88. The van der Waals surface area contributed by atoms with Crippen LogP contribution in [0.2, 0.25) is 0 Å². The van der Waals surface area contributed by atoms with E-state index in [1.54, 1.807) is 0 Å². The van der Waals surface area contributed by atoms with Crippen LogP contribution in [0.1, 0.15) is 40.0 Å². The van der Waals surface area contributed by atoms with Crippen LogP contribution in [0.3, 0.4) is 0 Å². The van der Waals surface area contributed by atoms with Gasteiger partial charge < -0.3 is 14.8 Å². The van der Waals surface area contributed by atoms with Crippen LogP contribution in [0.15, 0.2) is 0 Å². The van der Waals surface area contributed by atoms with Crippen molar-refractivity contribution in [2.45, 2.75) is 51.7 Å². The second kappa shape index (κ2) is 6.46. The van der Waals surface area contributed by atoms with Crippen molar-refractivity contribution in [3.05, 3.63) is 0 Å². The van der Waals surface area contributed by atoms with E-state index in [2.05, 4.69) is 19.2 Å². The molecule has 1 saturated heterocycles. The minimum atomic E-state index is -0.0383. The number of hydrogen-bond donors (Lipinski definition) is 1. The smallest absolute Gasteiger partial charge is 0.0829 e. The average molecular weight is 215 g/mol. The van der Waals surface area contributed by atoms with E-state index in [-0.39, 0.29) is 5.60 Å². The summed E-state index contributed by atoms with van der Waals surface area (Å²) in [4.78, 5) is 0.